The molecule has 0 unspecified atom stereocenters. The molecule has 0 bridgehead atoms. The molecule has 8 heteroatoms. The predicted molar refractivity (Wildman–Crippen MR) is 77.3 cm³/mol. The van der Waals surface area contributed by atoms with Gasteiger partial charge in [-0.1, -0.05) is 11.3 Å². The van der Waals surface area contributed by atoms with Crippen LogP contribution in [0.15, 0.2) is 23.7 Å². The van der Waals surface area contributed by atoms with Gasteiger partial charge in [-0.3, -0.25) is 10.1 Å². The second-order valence-corrected chi connectivity index (χ2v) is 5.33. The zero-order valence-electron chi connectivity index (χ0n) is 11.1. The quantitative estimate of drug-likeness (QED) is 0.936. The van der Waals surface area contributed by atoms with Gasteiger partial charge in [0.15, 0.2) is 0 Å². The SMILES string of the molecule is O=C(Nc1nncs1)c1cc(F)cc(N2CCOCC2)c1. The molecule has 1 aromatic heterocycles. The Labute approximate surface area is 124 Å². The highest BCUT2D eigenvalue weighted by Gasteiger charge is 2.16. The first-order chi connectivity index (χ1) is 10.2. The Kier molecular flexibility index (Phi) is 4.07. The number of ether oxygens (including phenoxy) is 1. The highest BCUT2D eigenvalue weighted by atomic mass is 32.1. The van der Waals surface area contributed by atoms with Gasteiger partial charge < -0.3 is 9.64 Å². The fourth-order valence-corrected chi connectivity index (χ4v) is 2.55. The van der Waals surface area contributed by atoms with Crippen LogP contribution in [0, 0.1) is 5.82 Å². The molecule has 1 aliphatic heterocycles. The van der Waals surface area contributed by atoms with Gasteiger partial charge in [0.2, 0.25) is 5.13 Å². The lowest BCUT2D eigenvalue weighted by molar-refractivity contribution is 0.102. The average Bonchev–Trinajstić information content (AvgIpc) is 3.00. The Bertz CT molecular complexity index is 629. The molecule has 1 aromatic carbocycles. The van der Waals surface area contributed by atoms with Crippen molar-refractivity contribution >= 4 is 28.1 Å². The highest BCUT2D eigenvalue weighted by Crippen LogP contribution is 2.21. The summed E-state index contributed by atoms with van der Waals surface area (Å²) in [5, 5.41) is 10.3. The summed E-state index contributed by atoms with van der Waals surface area (Å²) in [6.07, 6.45) is 0. The predicted octanol–water partition coefficient (Wildman–Crippen LogP) is 1.77. The molecule has 0 spiro atoms. The summed E-state index contributed by atoms with van der Waals surface area (Å²) in [6, 6.07) is 4.30. The molecule has 1 aliphatic rings. The lowest BCUT2D eigenvalue weighted by Crippen LogP contribution is -2.36. The molecule has 110 valence electrons. The number of aromatic nitrogens is 2. The van der Waals surface area contributed by atoms with Gasteiger partial charge in [0.25, 0.3) is 5.91 Å². The lowest BCUT2D eigenvalue weighted by atomic mass is 10.1. The maximum absolute atomic E-state index is 13.8. The van der Waals surface area contributed by atoms with Crippen molar-refractivity contribution in [1.82, 2.24) is 10.2 Å². The summed E-state index contributed by atoms with van der Waals surface area (Å²) < 4.78 is 19.0. The normalized spacial score (nSPS) is 15.0. The van der Waals surface area contributed by atoms with Gasteiger partial charge in [-0.15, -0.1) is 10.2 Å². The van der Waals surface area contributed by atoms with Crippen LogP contribution in [0.1, 0.15) is 10.4 Å². The van der Waals surface area contributed by atoms with E-state index < -0.39 is 11.7 Å². The van der Waals surface area contributed by atoms with Crippen LogP contribution in [0.5, 0.6) is 0 Å². The van der Waals surface area contributed by atoms with E-state index in [1.54, 1.807) is 6.07 Å². The number of anilines is 2. The molecule has 1 amide bonds. The molecule has 1 saturated heterocycles. The van der Waals surface area contributed by atoms with Crippen molar-refractivity contribution in [2.45, 2.75) is 0 Å². The minimum Gasteiger partial charge on any atom is -0.378 e. The van der Waals surface area contributed by atoms with Crippen LogP contribution in [0.4, 0.5) is 15.2 Å². The van der Waals surface area contributed by atoms with Gasteiger partial charge in [0.1, 0.15) is 11.3 Å². The third-order valence-corrected chi connectivity index (χ3v) is 3.71. The summed E-state index contributed by atoms with van der Waals surface area (Å²) >= 11 is 1.21. The number of benzene rings is 1. The number of halogens is 1. The molecule has 2 aromatic rings. The Morgan fingerprint density at radius 3 is 2.86 bits per heavy atom. The van der Waals surface area contributed by atoms with Crippen molar-refractivity contribution in [1.29, 1.82) is 0 Å². The highest BCUT2D eigenvalue weighted by molar-refractivity contribution is 7.13. The fraction of sp³-hybridized carbons (Fsp3) is 0.308. The molecule has 1 fully saturated rings. The van der Waals surface area contributed by atoms with Gasteiger partial charge >= 0.3 is 0 Å². The number of carbonyl (C=O) groups excluding carboxylic acids is 1. The number of morpholine rings is 1. The number of nitrogens with one attached hydrogen (secondary N) is 1. The second kappa shape index (κ2) is 6.15. The molecular formula is C13H13FN4O2S. The molecule has 0 atom stereocenters. The van der Waals surface area contributed by atoms with E-state index >= 15 is 0 Å². The van der Waals surface area contributed by atoms with Crippen LogP contribution >= 0.6 is 11.3 Å². The van der Waals surface area contributed by atoms with E-state index in [1.165, 1.54) is 29.0 Å². The number of nitrogens with zero attached hydrogens (tertiary/aromatic N) is 3. The number of carbonyl (C=O) groups is 1. The van der Waals surface area contributed by atoms with Crippen LogP contribution in [-0.4, -0.2) is 42.4 Å². The first-order valence-electron chi connectivity index (χ1n) is 6.43. The number of amides is 1. The Morgan fingerprint density at radius 1 is 1.33 bits per heavy atom. The maximum Gasteiger partial charge on any atom is 0.257 e. The first-order valence-corrected chi connectivity index (χ1v) is 7.31. The Morgan fingerprint density at radius 2 is 2.14 bits per heavy atom. The third-order valence-electron chi connectivity index (χ3n) is 3.10. The zero-order valence-corrected chi connectivity index (χ0v) is 11.9. The smallest absolute Gasteiger partial charge is 0.257 e. The molecule has 6 nitrogen and oxygen atoms in total. The zero-order chi connectivity index (χ0) is 14.7. The number of hydrogen-bond acceptors (Lipinski definition) is 6. The van der Waals surface area contributed by atoms with E-state index in [-0.39, 0.29) is 5.56 Å². The maximum atomic E-state index is 13.8. The summed E-state index contributed by atoms with van der Waals surface area (Å²) in [5.41, 5.74) is 2.45. The molecule has 0 radical (unpaired) electrons. The van der Waals surface area contributed by atoms with Crippen LogP contribution in [-0.2, 0) is 4.74 Å². The molecule has 3 rings (SSSR count). The largest absolute Gasteiger partial charge is 0.378 e. The molecule has 0 aliphatic carbocycles. The number of hydrogen-bond donors (Lipinski definition) is 1. The van der Waals surface area contributed by atoms with E-state index in [9.17, 15) is 9.18 Å². The molecule has 0 saturated carbocycles. The van der Waals surface area contributed by atoms with Gasteiger partial charge in [-0.05, 0) is 18.2 Å². The van der Waals surface area contributed by atoms with Crippen LogP contribution in [0.2, 0.25) is 0 Å². The summed E-state index contributed by atoms with van der Waals surface area (Å²) in [4.78, 5) is 14.1. The minimum absolute atomic E-state index is 0.256. The minimum atomic E-state index is -0.443. The average molecular weight is 308 g/mol. The number of rotatable bonds is 3. The first kappa shape index (κ1) is 13.9. The van der Waals surface area contributed by atoms with E-state index in [0.717, 1.165) is 0 Å². The van der Waals surface area contributed by atoms with E-state index in [1.807, 2.05) is 4.90 Å². The monoisotopic (exact) mass is 308 g/mol. The topological polar surface area (TPSA) is 67.4 Å². The molecule has 21 heavy (non-hydrogen) atoms. The van der Waals surface area contributed by atoms with E-state index in [2.05, 4.69) is 15.5 Å². The molecular weight excluding hydrogens is 295 g/mol. The van der Waals surface area contributed by atoms with Gasteiger partial charge in [-0.25, -0.2) is 4.39 Å². The molecule has 2 heterocycles. The van der Waals surface area contributed by atoms with E-state index in [4.69, 9.17) is 4.74 Å². The Hall–Kier alpha value is -2.06. The fourth-order valence-electron chi connectivity index (χ4n) is 2.11. The lowest BCUT2D eigenvalue weighted by Gasteiger charge is -2.29. The van der Waals surface area contributed by atoms with E-state index in [0.29, 0.717) is 37.1 Å². The van der Waals surface area contributed by atoms with Crippen LogP contribution < -0.4 is 10.2 Å². The summed E-state index contributed by atoms with van der Waals surface area (Å²) in [6.45, 7) is 2.56. The van der Waals surface area contributed by atoms with Crippen molar-refractivity contribution in [3.05, 3.63) is 35.1 Å². The van der Waals surface area contributed by atoms with Crippen molar-refractivity contribution in [2.24, 2.45) is 0 Å². The van der Waals surface area contributed by atoms with Gasteiger partial charge in [0, 0.05) is 24.3 Å². The van der Waals surface area contributed by atoms with Crippen molar-refractivity contribution < 1.29 is 13.9 Å². The Balaban J connectivity index is 1.81. The summed E-state index contributed by atoms with van der Waals surface area (Å²) in [7, 11) is 0. The van der Waals surface area contributed by atoms with Gasteiger partial charge in [0.05, 0.1) is 13.2 Å². The van der Waals surface area contributed by atoms with Crippen LogP contribution in [0.25, 0.3) is 0 Å². The second-order valence-electron chi connectivity index (χ2n) is 4.50. The van der Waals surface area contributed by atoms with Crippen molar-refractivity contribution in [2.75, 3.05) is 36.5 Å². The van der Waals surface area contributed by atoms with Crippen molar-refractivity contribution in [3.63, 3.8) is 0 Å². The third kappa shape index (κ3) is 3.34. The standard InChI is InChI=1S/C13H13FN4O2S/c14-10-5-9(12(19)16-13-17-15-8-21-13)6-11(7-10)18-1-3-20-4-2-18/h5-8H,1-4H2,(H,16,17,19). The summed E-state index contributed by atoms with van der Waals surface area (Å²) in [5.74, 6) is -0.845. The van der Waals surface area contributed by atoms with Crippen LogP contribution in [0.3, 0.4) is 0 Å². The van der Waals surface area contributed by atoms with Crippen molar-refractivity contribution in [3.8, 4) is 0 Å². The van der Waals surface area contributed by atoms with Gasteiger partial charge in [-0.2, -0.15) is 0 Å². The molecule has 1 N–H and O–H groups in total.